The fraction of sp³-hybridized carbons (Fsp3) is 0.296. The molecule has 0 atom stereocenters. The van der Waals surface area contributed by atoms with Gasteiger partial charge in [0.15, 0.2) is 0 Å². The van der Waals surface area contributed by atoms with Gasteiger partial charge in [-0.05, 0) is 78.3 Å². The Hall–Kier alpha value is -3.67. The van der Waals surface area contributed by atoms with Crippen LogP contribution in [-0.2, 0) is 24.2 Å². The average Bonchev–Trinajstić information content (AvgIpc) is 3.62. The van der Waals surface area contributed by atoms with Crippen LogP contribution in [0.2, 0.25) is 0 Å². The summed E-state index contributed by atoms with van der Waals surface area (Å²) in [4.78, 5) is 29.4. The van der Waals surface area contributed by atoms with Crippen molar-refractivity contribution < 1.29 is 14.6 Å². The Kier molecular flexibility index (Phi) is 4.50. The lowest BCUT2D eigenvalue weighted by atomic mass is 9.87. The molecule has 4 aromatic rings. The number of ether oxygens (including phenoxy) is 1. The minimum atomic E-state index is -0.885. The number of pyridine rings is 2. The number of benzene rings is 2. The summed E-state index contributed by atoms with van der Waals surface area (Å²) >= 11 is 0. The number of fused-ring (bicyclic) bond motifs is 1. The fourth-order valence-corrected chi connectivity index (χ4v) is 5.15. The molecule has 2 aliphatic rings. The Morgan fingerprint density at radius 3 is 2.85 bits per heavy atom. The van der Waals surface area contributed by atoms with Crippen molar-refractivity contribution in [1.82, 2.24) is 9.55 Å². The zero-order chi connectivity index (χ0) is 22.7. The van der Waals surface area contributed by atoms with E-state index < -0.39 is 5.97 Å². The number of rotatable bonds is 5. The van der Waals surface area contributed by atoms with Crippen LogP contribution in [-0.4, -0.2) is 27.2 Å². The van der Waals surface area contributed by atoms with Crippen molar-refractivity contribution in [3.8, 4) is 16.9 Å². The van der Waals surface area contributed by atoms with Gasteiger partial charge in [-0.3, -0.25) is 14.6 Å². The summed E-state index contributed by atoms with van der Waals surface area (Å²) in [5.74, 6) is 0.463. The number of aryl methyl sites for hydroxylation is 1. The second kappa shape index (κ2) is 7.44. The maximum Gasteiger partial charge on any atom is 0.307 e. The smallest absolute Gasteiger partial charge is 0.307 e. The van der Waals surface area contributed by atoms with Gasteiger partial charge in [0, 0.05) is 41.6 Å². The normalized spacial score (nSPS) is 15.1. The molecule has 2 aromatic heterocycles. The lowest BCUT2D eigenvalue weighted by Gasteiger charge is -2.22. The molecule has 0 unspecified atom stereocenters. The largest absolute Gasteiger partial charge is 0.493 e. The zero-order valence-electron chi connectivity index (χ0n) is 18.4. The highest BCUT2D eigenvalue weighted by Crippen LogP contribution is 2.42. The molecule has 6 heteroatoms. The van der Waals surface area contributed by atoms with Gasteiger partial charge in [0.05, 0.1) is 24.1 Å². The van der Waals surface area contributed by atoms with Crippen molar-refractivity contribution in [3.63, 3.8) is 0 Å². The minimum absolute atomic E-state index is 0.0193. The van der Waals surface area contributed by atoms with E-state index in [-0.39, 0.29) is 12.0 Å². The Bertz CT molecular complexity index is 1500. The molecular weight excluding hydrogens is 416 g/mol. The van der Waals surface area contributed by atoms with Gasteiger partial charge in [-0.15, -0.1) is 0 Å². The first kappa shape index (κ1) is 20.0. The predicted molar refractivity (Wildman–Crippen MR) is 127 cm³/mol. The second-order valence-corrected chi connectivity index (χ2v) is 9.18. The van der Waals surface area contributed by atoms with Crippen molar-refractivity contribution in [2.75, 3.05) is 6.61 Å². The standard InChI is InChI=1S/C27H24N2O4/c1-15-12-21-18(5-7-23(30)29(21)14-16-2-3-16)26(20(15)13-24(31)32)19-4-6-22-25-17(9-11-33-22)8-10-28-27(19)25/h4-8,10,12,16H,2-3,9,11,13-14H2,1H3,(H,31,32). The van der Waals surface area contributed by atoms with E-state index >= 15 is 0 Å². The van der Waals surface area contributed by atoms with Crippen LogP contribution < -0.4 is 10.3 Å². The third-order valence-electron chi connectivity index (χ3n) is 6.93. The Labute approximate surface area is 190 Å². The van der Waals surface area contributed by atoms with E-state index in [0.717, 1.165) is 69.1 Å². The Balaban J connectivity index is 1.72. The summed E-state index contributed by atoms with van der Waals surface area (Å²) in [6, 6.07) is 11.4. The summed E-state index contributed by atoms with van der Waals surface area (Å²) in [7, 11) is 0. The van der Waals surface area contributed by atoms with Gasteiger partial charge in [0.2, 0.25) is 0 Å². The summed E-state index contributed by atoms with van der Waals surface area (Å²) in [6.07, 6.45) is 4.81. The molecule has 0 radical (unpaired) electrons. The first-order valence-electron chi connectivity index (χ1n) is 11.4. The van der Waals surface area contributed by atoms with Crippen molar-refractivity contribution in [1.29, 1.82) is 0 Å². The molecule has 0 bridgehead atoms. The van der Waals surface area contributed by atoms with Gasteiger partial charge >= 0.3 is 5.97 Å². The van der Waals surface area contributed by atoms with Gasteiger partial charge < -0.3 is 14.4 Å². The van der Waals surface area contributed by atoms with E-state index in [9.17, 15) is 14.7 Å². The SMILES string of the molecule is Cc1cc2c(ccc(=O)n2CC2CC2)c(-c2ccc3c4c(ccnc24)CCO3)c1CC(=O)O. The first-order valence-corrected chi connectivity index (χ1v) is 11.4. The Morgan fingerprint density at radius 1 is 1.21 bits per heavy atom. The number of carbonyl (C=O) groups is 1. The molecule has 1 aliphatic carbocycles. The quantitative estimate of drug-likeness (QED) is 0.494. The van der Waals surface area contributed by atoms with Crippen molar-refractivity contribution in [2.24, 2.45) is 5.92 Å². The summed E-state index contributed by atoms with van der Waals surface area (Å²) in [5.41, 5.74) is 6.18. The molecule has 2 aromatic carbocycles. The number of aromatic nitrogens is 2. The van der Waals surface area contributed by atoms with E-state index in [1.165, 1.54) is 5.56 Å². The van der Waals surface area contributed by atoms with Gasteiger partial charge in [0.25, 0.3) is 5.56 Å². The van der Waals surface area contributed by atoms with Crippen LogP contribution in [0.5, 0.6) is 5.75 Å². The molecule has 1 fully saturated rings. The summed E-state index contributed by atoms with van der Waals surface area (Å²) < 4.78 is 7.76. The highest BCUT2D eigenvalue weighted by atomic mass is 16.5. The molecule has 33 heavy (non-hydrogen) atoms. The van der Waals surface area contributed by atoms with Crippen LogP contribution in [0.4, 0.5) is 0 Å². The Morgan fingerprint density at radius 2 is 2.06 bits per heavy atom. The van der Waals surface area contributed by atoms with Crippen molar-refractivity contribution in [3.05, 3.63) is 69.6 Å². The maximum absolute atomic E-state index is 12.8. The van der Waals surface area contributed by atoms with E-state index in [4.69, 9.17) is 9.72 Å². The number of hydrogen-bond donors (Lipinski definition) is 1. The van der Waals surface area contributed by atoms with E-state index in [1.807, 2.05) is 48.0 Å². The van der Waals surface area contributed by atoms with Gasteiger partial charge in [-0.25, -0.2) is 0 Å². The molecule has 3 heterocycles. The number of nitrogens with zero attached hydrogens (tertiary/aromatic N) is 2. The molecule has 0 saturated heterocycles. The molecule has 1 aliphatic heterocycles. The van der Waals surface area contributed by atoms with Crippen LogP contribution in [0.3, 0.4) is 0 Å². The zero-order valence-corrected chi connectivity index (χ0v) is 18.4. The third kappa shape index (κ3) is 3.28. The van der Waals surface area contributed by atoms with Gasteiger partial charge in [-0.1, -0.05) is 0 Å². The van der Waals surface area contributed by atoms with E-state index in [1.54, 1.807) is 6.07 Å². The monoisotopic (exact) mass is 440 g/mol. The number of carboxylic acid groups (broad SMARTS) is 1. The number of carboxylic acids is 1. The molecular formula is C27H24N2O4. The van der Waals surface area contributed by atoms with Crippen LogP contribution in [0.15, 0.2) is 47.4 Å². The first-order chi connectivity index (χ1) is 16.0. The molecule has 0 amide bonds. The molecule has 0 spiro atoms. The average molecular weight is 440 g/mol. The summed E-state index contributed by atoms with van der Waals surface area (Å²) in [5, 5.41) is 11.6. The van der Waals surface area contributed by atoms with Crippen LogP contribution >= 0.6 is 0 Å². The highest BCUT2D eigenvalue weighted by molar-refractivity contribution is 6.07. The van der Waals surface area contributed by atoms with Crippen LogP contribution in [0.1, 0.15) is 29.5 Å². The molecule has 1 saturated carbocycles. The maximum atomic E-state index is 12.8. The lowest BCUT2D eigenvalue weighted by molar-refractivity contribution is -0.136. The van der Waals surface area contributed by atoms with Crippen molar-refractivity contribution in [2.45, 2.75) is 39.2 Å². The van der Waals surface area contributed by atoms with Gasteiger partial charge in [0.1, 0.15) is 5.75 Å². The molecule has 6 rings (SSSR count). The minimum Gasteiger partial charge on any atom is -0.493 e. The molecule has 1 N–H and O–H groups in total. The molecule has 166 valence electrons. The highest BCUT2D eigenvalue weighted by Gasteiger charge is 2.26. The second-order valence-electron chi connectivity index (χ2n) is 9.18. The third-order valence-corrected chi connectivity index (χ3v) is 6.93. The van der Waals surface area contributed by atoms with Gasteiger partial charge in [-0.2, -0.15) is 0 Å². The summed E-state index contributed by atoms with van der Waals surface area (Å²) in [6.45, 7) is 3.27. The topological polar surface area (TPSA) is 81.4 Å². The number of aliphatic carboxylic acids is 1. The van der Waals surface area contributed by atoms with E-state index in [2.05, 4.69) is 0 Å². The fourth-order valence-electron chi connectivity index (χ4n) is 5.15. The number of hydrogen-bond acceptors (Lipinski definition) is 4. The van der Waals surface area contributed by atoms with E-state index in [0.29, 0.717) is 19.1 Å². The van der Waals surface area contributed by atoms with Crippen LogP contribution in [0.25, 0.3) is 32.9 Å². The predicted octanol–water partition coefficient (Wildman–Crippen LogP) is 4.50. The lowest BCUT2D eigenvalue weighted by Crippen LogP contribution is -2.21. The molecule has 6 nitrogen and oxygen atoms in total. The van der Waals surface area contributed by atoms with Crippen LogP contribution in [0, 0.1) is 12.8 Å². The van der Waals surface area contributed by atoms with Crippen molar-refractivity contribution >= 4 is 27.8 Å².